The molecule has 7 heteroatoms. The molecule has 0 saturated heterocycles. The Morgan fingerprint density at radius 3 is 2.27 bits per heavy atom. The van der Waals surface area contributed by atoms with E-state index in [1.807, 2.05) is 48.5 Å². The van der Waals surface area contributed by atoms with Crippen LogP contribution in [0.1, 0.15) is 49.3 Å². The van der Waals surface area contributed by atoms with Crippen molar-refractivity contribution in [3.63, 3.8) is 0 Å². The number of carboxylic acid groups (broad SMARTS) is 1. The van der Waals surface area contributed by atoms with Gasteiger partial charge in [-0.15, -0.1) is 0 Å². The summed E-state index contributed by atoms with van der Waals surface area (Å²) in [7, 11) is 3.26. The molecular formula is C26H28N2O5. The van der Waals surface area contributed by atoms with Crippen molar-refractivity contribution >= 4 is 23.7 Å². The van der Waals surface area contributed by atoms with Gasteiger partial charge < -0.3 is 14.6 Å². The lowest BCUT2D eigenvalue weighted by atomic mass is 9.77. The van der Waals surface area contributed by atoms with E-state index >= 15 is 0 Å². The monoisotopic (exact) mass is 448 g/mol. The van der Waals surface area contributed by atoms with Gasteiger partial charge in [0.2, 0.25) is 5.91 Å². The summed E-state index contributed by atoms with van der Waals surface area (Å²) in [5, 5.41) is 15.4. The van der Waals surface area contributed by atoms with Crippen LogP contribution in [0.5, 0.6) is 11.5 Å². The highest BCUT2D eigenvalue weighted by molar-refractivity contribution is 6.08. The third kappa shape index (κ3) is 4.92. The summed E-state index contributed by atoms with van der Waals surface area (Å²) in [5.41, 5.74) is 4.05. The second-order valence-electron chi connectivity index (χ2n) is 8.28. The third-order valence-corrected chi connectivity index (χ3v) is 6.22. The fourth-order valence-corrected chi connectivity index (χ4v) is 4.57. The number of methoxy groups -OCH3 is 2. The number of benzene rings is 2. The van der Waals surface area contributed by atoms with Crippen LogP contribution < -0.4 is 9.47 Å². The van der Waals surface area contributed by atoms with Gasteiger partial charge in [0.25, 0.3) is 0 Å². The van der Waals surface area contributed by atoms with Crippen molar-refractivity contribution in [2.75, 3.05) is 14.2 Å². The van der Waals surface area contributed by atoms with E-state index in [2.05, 4.69) is 6.08 Å². The number of hydrogen-bond donors (Lipinski definition) is 1. The van der Waals surface area contributed by atoms with E-state index in [-0.39, 0.29) is 30.7 Å². The minimum absolute atomic E-state index is 0.0606. The molecule has 2 aromatic carbocycles. The van der Waals surface area contributed by atoms with Gasteiger partial charge in [0, 0.05) is 12.3 Å². The van der Waals surface area contributed by atoms with Crippen LogP contribution in [0.25, 0.3) is 6.08 Å². The lowest BCUT2D eigenvalue weighted by molar-refractivity contribution is -0.141. The summed E-state index contributed by atoms with van der Waals surface area (Å²) in [6, 6.07) is 15.3. The molecule has 1 N–H and O–H groups in total. The molecule has 1 aliphatic heterocycles. The van der Waals surface area contributed by atoms with Crippen molar-refractivity contribution in [2.45, 2.75) is 38.1 Å². The lowest BCUT2D eigenvalue weighted by Crippen LogP contribution is -2.32. The molecule has 172 valence electrons. The molecule has 1 aliphatic carbocycles. The molecule has 0 bridgehead atoms. The maximum atomic E-state index is 13.0. The minimum atomic E-state index is -0.992. The van der Waals surface area contributed by atoms with Crippen molar-refractivity contribution in [1.82, 2.24) is 5.01 Å². The molecule has 1 amide bonds. The van der Waals surface area contributed by atoms with Gasteiger partial charge in [0.15, 0.2) is 0 Å². The Hall–Kier alpha value is -3.61. The van der Waals surface area contributed by atoms with Gasteiger partial charge in [-0.2, -0.15) is 5.10 Å². The molecule has 0 unspecified atom stereocenters. The highest BCUT2D eigenvalue weighted by Crippen LogP contribution is 2.45. The molecule has 2 aromatic rings. The number of allylic oxidation sites excluding steroid dienone is 1. The zero-order valence-corrected chi connectivity index (χ0v) is 18.9. The number of amides is 1. The van der Waals surface area contributed by atoms with Crippen molar-refractivity contribution in [3.05, 3.63) is 65.2 Å². The Morgan fingerprint density at radius 1 is 1.03 bits per heavy atom. The van der Waals surface area contributed by atoms with Crippen LogP contribution in [0.15, 0.2) is 59.2 Å². The summed E-state index contributed by atoms with van der Waals surface area (Å²) < 4.78 is 10.5. The van der Waals surface area contributed by atoms with Gasteiger partial charge in [-0.25, -0.2) is 5.01 Å². The van der Waals surface area contributed by atoms with Gasteiger partial charge in [-0.05, 0) is 66.3 Å². The van der Waals surface area contributed by atoms with Gasteiger partial charge in [0.05, 0.1) is 32.4 Å². The number of hydrazone groups is 1. The molecule has 2 atom stereocenters. The fraction of sp³-hybridized carbons (Fsp3) is 0.346. The van der Waals surface area contributed by atoms with Crippen LogP contribution in [0, 0.1) is 5.92 Å². The smallest absolute Gasteiger partial charge is 0.303 e. The Kier molecular flexibility index (Phi) is 6.77. The minimum Gasteiger partial charge on any atom is -0.497 e. The molecule has 1 heterocycles. The van der Waals surface area contributed by atoms with Gasteiger partial charge in [-0.3, -0.25) is 9.59 Å². The maximum Gasteiger partial charge on any atom is 0.303 e. The average Bonchev–Trinajstić information content (AvgIpc) is 3.24. The fourth-order valence-electron chi connectivity index (χ4n) is 4.57. The van der Waals surface area contributed by atoms with Crippen LogP contribution >= 0.6 is 0 Å². The highest BCUT2D eigenvalue weighted by Gasteiger charge is 2.43. The molecular weight excluding hydrogens is 420 g/mol. The van der Waals surface area contributed by atoms with E-state index in [9.17, 15) is 9.59 Å². The first kappa shape index (κ1) is 22.6. The molecule has 0 spiro atoms. The van der Waals surface area contributed by atoms with Crippen molar-refractivity contribution < 1.29 is 24.2 Å². The van der Waals surface area contributed by atoms with E-state index in [4.69, 9.17) is 19.7 Å². The largest absolute Gasteiger partial charge is 0.497 e. The molecule has 4 rings (SSSR count). The summed E-state index contributed by atoms with van der Waals surface area (Å²) in [4.78, 5) is 24.1. The number of rotatable bonds is 7. The van der Waals surface area contributed by atoms with E-state index in [0.29, 0.717) is 0 Å². The van der Waals surface area contributed by atoms with Crippen LogP contribution in [0.3, 0.4) is 0 Å². The molecule has 0 radical (unpaired) electrons. The van der Waals surface area contributed by atoms with E-state index < -0.39 is 5.97 Å². The number of carbonyl (C=O) groups is 2. The number of ether oxygens (including phenoxy) is 2. The number of hydrogen-bond acceptors (Lipinski definition) is 5. The lowest BCUT2D eigenvalue weighted by Gasteiger charge is -2.29. The predicted octanol–water partition coefficient (Wildman–Crippen LogP) is 4.69. The van der Waals surface area contributed by atoms with Gasteiger partial charge >= 0.3 is 5.97 Å². The van der Waals surface area contributed by atoms with E-state index in [1.54, 1.807) is 14.2 Å². The number of fused-ring (bicyclic) bond motifs is 1. The highest BCUT2D eigenvalue weighted by atomic mass is 16.5. The average molecular weight is 449 g/mol. The second-order valence-corrected chi connectivity index (χ2v) is 8.28. The molecule has 7 nitrogen and oxygen atoms in total. The van der Waals surface area contributed by atoms with E-state index in [1.165, 1.54) is 5.01 Å². The Bertz CT molecular complexity index is 1070. The number of carbonyl (C=O) groups excluding carboxylic acids is 1. The zero-order valence-electron chi connectivity index (χ0n) is 18.9. The normalized spacial score (nSPS) is 20.8. The summed E-state index contributed by atoms with van der Waals surface area (Å²) in [5.74, 6) is 0.333. The summed E-state index contributed by atoms with van der Waals surface area (Å²) >= 11 is 0. The first-order valence-electron chi connectivity index (χ1n) is 11.1. The third-order valence-electron chi connectivity index (χ3n) is 6.22. The predicted molar refractivity (Wildman–Crippen MR) is 125 cm³/mol. The van der Waals surface area contributed by atoms with Crippen LogP contribution in [0.2, 0.25) is 0 Å². The quantitative estimate of drug-likeness (QED) is 0.664. The second kappa shape index (κ2) is 9.90. The summed E-state index contributed by atoms with van der Waals surface area (Å²) in [6.45, 7) is 0. The Balaban J connectivity index is 1.69. The Morgan fingerprint density at radius 2 is 1.67 bits per heavy atom. The topological polar surface area (TPSA) is 88.4 Å². The number of nitrogens with zero attached hydrogens (tertiary/aromatic N) is 2. The molecule has 1 fully saturated rings. The van der Waals surface area contributed by atoms with Crippen molar-refractivity contribution in [2.24, 2.45) is 11.0 Å². The maximum absolute atomic E-state index is 13.0. The van der Waals surface area contributed by atoms with Crippen LogP contribution in [-0.2, 0) is 9.59 Å². The first-order valence-corrected chi connectivity index (χ1v) is 11.1. The van der Waals surface area contributed by atoms with Crippen LogP contribution in [0.4, 0.5) is 0 Å². The SMILES string of the molecule is COc1ccc(C=C2CCC[C@@H]3C2=NN(C(=O)CCC(=O)O)[C@H]3c2ccc(OC)cc2)cc1. The zero-order chi connectivity index (χ0) is 23.4. The van der Waals surface area contributed by atoms with E-state index in [0.717, 1.165) is 53.2 Å². The van der Waals surface area contributed by atoms with Gasteiger partial charge in [-0.1, -0.05) is 24.3 Å². The molecule has 33 heavy (non-hydrogen) atoms. The standard InChI is InChI=1S/C26H28N2O5/c1-32-20-10-6-17(7-11-20)16-19-4-3-5-22-25(19)27-28(23(29)14-15-24(30)31)26(22)18-8-12-21(33-2)13-9-18/h6-13,16,22,26H,3-5,14-15H2,1-2H3,(H,30,31)/t22-,26+/m1/s1. The summed E-state index contributed by atoms with van der Waals surface area (Å²) in [6.07, 6.45) is 4.63. The van der Waals surface area contributed by atoms with Crippen molar-refractivity contribution in [1.29, 1.82) is 0 Å². The number of carboxylic acids is 1. The first-order chi connectivity index (χ1) is 16.0. The molecule has 1 saturated carbocycles. The number of aliphatic carboxylic acids is 1. The van der Waals surface area contributed by atoms with Crippen LogP contribution in [-0.4, -0.2) is 41.9 Å². The Labute approximate surface area is 193 Å². The van der Waals surface area contributed by atoms with Gasteiger partial charge in [0.1, 0.15) is 11.5 Å². The molecule has 0 aromatic heterocycles. The molecule has 2 aliphatic rings. The van der Waals surface area contributed by atoms with Crippen molar-refractivity contribution in [3.8, 4) is 11.5 Å².